The molecule has 29 heavy (non-hydrogen) atoms. The standard InChI is InChI=1S/C21H22N6O2/c1-25-18-8-6-15(11-19(18)26(2)21(25)29)7-9-20(28)24-17-5-3-4-16(10-17)12-27-14-22-13-23-27/h3-6,8,10-11,13-14H,7,9,12H2,1-2H3,(H,24,28). The Kier molecular flexibility index (Phi) is 4.99. The number of amides is 1. The second-order valence-corrected chi connectivity index (χ2v) is 7.07. The molecule has 0 radical (unpaired) electrons. The summed E-state index contributed by atoms with van der Waals surface area (Å²) in [5.41, 5.74) is 4.51. The van der Waals surface area contributed by atoms with Crippen LogP contribution in [0.25, 0.3) is 11.0 Å². The second-order valence-electron chi connectivity index (χ2n) is 7.07. The highest BCUT2D eigenvalue weighted by Gasteiger charge is 2.09. The topological polar surface area (TPSA) is 86.7 Å². The maximum atomic E-state index is 12.4. The van der Waals surface area contributed by atoms with Crippen molar-refractivity contribution in [2.75, 3.05) is 5.32 Å². The summed E-state index contributed by atoms with van der Waals surface area (Å²) in [6.45, 7) is 0.597. The number of hydrogen-bond acceptors (Lipinski definition) is 4. The highest BCUT2D eigenvalue weighted by Crippen LogP contribution is 2.16. The van der Waals surface area contributed by atoms with E-state index in [4.69, 9.17) is 0 Å². The number of carbonyl (C=O) groups excluding carboxylic acids is 1. The maximum Gasteiger partial charge on any atom is 0.328 e. The maximum absolute atomic E-state index is 12.4. The number of rotatable bonds is 6. The molecule has 0 aliphatic carbocycles. The molecule has 4 rings (SSSR count). The number of aryl methyl sites for hydroxylation is 3. The van der Waals surface area contributed by atoms with Crippen LogP contribution in [0.4, 0.5) is 5.69 Å². The van der Waals surface area contributed by atoms with Gasteiger partial charge in [0.15, 0.2) is 0 Å². The first-order chi connectivity index (χ1) is 14.0. The number of aromatic nitrogens is 5. The average Bonchev–Trinajstić information content (AvgIpc) is 3.30. The molecule has 0 fully saturated rings. The number of nitrogens with zero attached hydrogens (tertiary/aromatic N) is 5. The predicted octanol–water partition coefficient (Wildman–Crippen LogP) is 2.09. The number of benzene rings is 2. The molecule has 0 aliphatic rings. The zero-order chi connectivity index (χ0) is 20.4. The number of hydrogen-bond donors (Lipinski definition) is 1. The summed E-state index contributed by atoms with van der Waals surface area (Å²) >= 11 is 0. The molecule has 2 aromatic carbocycles. The molecule has 1 amide bonds. The van der Waals surface area contributed by atoms with Crippen molar-refractivity contribution in [3.63, 3.8) is 0 Å². The van der Waals surface area contributed by atoms with Crippen LogP contribution in [0.5, 0.6) is 0 Å². The van der Waals surface area contributed by atoms with Crippen LogP contribution in [0, 0.1) is 0 Å². The minimum atomic E-state index is -0.0549. The van der Waals surface area contributed by atoms with Gasteiger partial charge in [-0.25, -0.2) is 14.5 Å². The predicted molar refractivity (Wildman–Crippen MR) is 111 cm³/mol. The molecule has 2 heterocycles. The van der Waals surface area contributed by atoms with Gasteiger partial charge < -0.3 is 5.32 Å². The third-order valence-electron chi connectivity index (χ3n) is 5.00. The summed E-state index contributed by atoms with van der Waals surface area (Å²) in [4.78, 5) is 28.4. The third-order valence-corrected chi connectivity index (χ3v) is 5.00. The molecular weight excluding hydrogens is 368 g/mol. The minimum absolute atomic E-state index is 0.0510. The fourth-order valence-corrected chi connectivity index (χ4v) is 3.44. The molecule has 8 heteroatoms. The zero-order valence-corrected chi connectivity index (χ0v) is 16.4. The van der Waals surface area contributed by atoms with Crippen molar-refractivity contribution >= 4 is 22.6 Å². The molecule has 0 bridgehead atoms. The van der Waals surface area contributed by atoms with Crippen molar-refractivity contribution in [3.8, 4) is 0 Å². The van der Waals surface area contributed by atoms with Gasteiger partial charge in [0.05, 0.1) is 17.6 Å². The largest absolute Gasteiger partial charge is 0.328 e. The smallest absolute Gasteiger partial charge is 0.326 e. The first-order valence-corrected chi connectivity index (χ1v) is 9.37. The van der Waals surface area contributed by atoms with Gasteiger partial charge in [-0.2, -0.15) is 5.10 Å². The number of fused-ring (bicyclic) bond motifs is 1. The lowest BCUT2D eigenvalue weighted by Gasteiger charge is -2.08. The van der Waals surface area contributed by atoms with E-state index in [0.29, 0.717) is 19.4 Å². The van der Waals surface area contributed by atoms with Crippen LogP contribution in [0.1, 0.15) is 17.5 Å². The van der Waals surface area contributed by atoms with E-state index in [1.54, 1.807) is 34.2 Å². The van der Waals surface area contributed by atoms with Crippen molar-refractivity contribution < 1.29 is 4.79 Å². The van der Waals surface area contributed by atoms with Gasteiger partial charge in [0.2, 0.25) is 5.91 Å². The SMILES string of the molecule is Cn1c(=O)n(C)c2cc(CCC(=O)Nc3cccc(Cn4cncn4)c3)ccc21. The summed E-state index contributed by atoms with van der Waals surface area (Å²) in [5.74, 6) is -0.0510. The van der Waals surface area contributed by atoms with E-state index in [1.165, 1.54) is 6.33 Å². The van der Waals surface area contributed by atoms with E-state index in [1.807, 2.05) is 42.5 Å². The Labute approximate surface area is 167 Å². The summed E-state index contributed by atoms with van der Waals surface area (Å²) in [6, 6.07) is 13.6. The molecule has 8 nitrogen and oxygen atoms in total. The molecular formula is C21H22N6O2. The van der Waals surface area contributed by atoms with E-state index in [0.717, 1.165) is 27.8 Å². The Balaban J connectivity index is 1.40. The lowest BCUT2D eigenvalue weighted by molar-refractivity contribution is -0.116. The van der Waals surface area contributed by atoms with Crippen molar-refractivity contribution in [3.05, 3.63) is 76.7 Å². The molecule has 0 aliphatic heterocycles. The lowest BCUT2D eigenvalue weighted by Crippen LogP contribution is -2.19. The molecule has 0 saturated heterocycles. The van der Waals surface area contributed by atoms with Crippen molar-refractivity contribution in [1.29, 1.82) is 0 Å². The van der Waals surface area contributed by atoms with Gasteiger partial charge in [0, 0.05) is 26.2 Å². The number of nitrogens with one attached hydrogen (secondary N) is 1. The van der Waals surface area contributed by atoms with E-state index in [2.05, 4.69) is 15.4 Å². The average molecular weight is 390 g/mol. The fourth-order valence-electron chi connectivity index (χ4n) is 3.44. The van der Waals surface area contributed by atoms with Crippen LogP contribution >= 0.6 is 0 Å². The zero-order valence-electron chi connectivity index (χ0n) is 16.4. The van der Waals surface area contributed by atoms with E-state index in [-0.39, 0.29) is 11.6 Å². The first kappa shape index (κ1) is 18.7. The third kappa shape index (κ3) is 3.96. The van der Waals surface area contributed by atoms with Gasteiger partial charge in [-0.1, -0.05) is 18.2 Å². The monoisotopic (exact) mass is 390 g/mol. The Morgan fingerprint density at radius 1 is 1.03 bits per heavy atom. The van der Waals surface area contributed by atoms with Gasteiger partial charge in [-0.15, -0.1) is 0 Å². The number of anilines is 1. The van der Waals surface area contributed by atoms with E-state index >= 15 is 0 Å². The van der Waals surface area contributed by atoms with Crippen LogP contribution in [-0.4, -0.2) is 29.8 Å². The quantitative estimate of drug-likeness (QED) is 0.546. The molecule has 0 saturated carbocycles. The Morgan fingerprint density at radius 3 is 2.66 bits per heavy atom. The first-order valence-electron chi connectivity index (χ1n) is 9.37. The Morgan fingerprint density at radius 2 is 1.86 bits per heavy atom. The van der Waals surface area contributed by atoms with Crippen LogP contribution in [-0.2, 0) is 31.9 Å². The van der Waals surface area contributed by atoms with E-state index in [9.17, 15) is 9.59 Å². The normalized spacial score (nSPS) is 11.1. The van der Waals surface area contributed by atoms with Gasteiger partial charge in [-0.05, 0) is 41.8 Å². The second kappa shape index (κ2) is 7.75. The molecule has 2 aromatic heterocycles. The number of carbonyl (C=O) groups is 1. The molecule has 1 N–H and O–H groups in total. The lowest BCUT2D eigenvalue weighted by atomic mass is 10.1. The summed E-state index contributed by atoms with van der Waals surface area (Å²) in [5, 5.41) is 7.05. The molecule has 0 atom stereocenters. The van der Waals surface area contributed by atoms with Gasteiger partial charge >= 0.3 is 5.69 Å². The number of imidazole rings is 1. The van der Waals surface area contributed by atoms with Crippen molar-refractivity contribution in [1.82, 2.24) is 23.9 Å². The molecule has 0 unspecified atom stereocenters. The molecule has 4 aromatic rings. The van der Waals surface area contributed by atoms with Crippen molar-refractivity contribution in [2.45, 2.75) is 19.4 Å². The summed E-state index contributed by atoms with van der Waals surface area (Å²) in [7, 11) is 3.52. The summed E-state index contributed by atoms with van der Waals surface area (Å²) in [6.07, 6.45) is 4.12. The van der Waals surface area contributed by atoms with Crippen LogP contribution < -0.4 is 11.0 Å². The molecule has 148 valence electrons. The highest BCUT2D eigenvalue weighted by molar-refractivity contribution is 5.91. The Bertz CT molecular complexity index is 1220. The fraction of sp³-hybridized carbons (Fsp3) is 0.238. The minimum Gasteiger partial charge on any atom is -0.326 e. The van der Waals surface area contributed by atoms with Gasteiger partial charge in [-0.3, -0.25) is 13.9 Å². The highest BCUT2D eigenvalue weighted by atomic mass is 16.2. The van der Waals surface area contributed by atoms with Crippen LogP contribution in [0.3, 0.4) is 0 Å². The summed E-state index contributed by atoms with van der Waals surface area (Å²) < 4.78 is 4.98. The van der Waals surface area contributed by atoms with Gasteiger partial charge in [0.1, 0.15) is 12.7 Å². The van der Waals surface area contributed by atoms with Crippen LogP contribution in [0.15, 0.2) is 59.9 Å². The molecule has 0 spiro atoms. The van der Waals surface area contributed by atoms with Crippen LogP contribution in [0.2, 0.25) is 0 Å². The Hall–Kier alpha value is -3.68. The van der Waals surface area contributed by atoms with E-state index < -0.39 is 0 Å². The van der Waals surface area contributed by atoms with Crippen molar-refractivity contribution in [2.24, 2.45) is 14.1 Å². The van der Waals surface area contributed by atoms with Gasteiger partial charge in [0.25, 0.3) is 0 Å².